The number of likely N-dealkylation sites (tertiary alicyclic amines) is 1. The molecule has 486 valence electrons. The minimum Gasteiger partial charge on any atom is -0.726 e. The molecule has 0 bridgehead atoms. The summed E-state index contributed by atoms with van der Waals surface area (Å²) in [6.45, 7) is 4.16. The fraction of sp³-hybridized carbons (Fsp3) is 0.482. The van der Waals surface area contributed by atoms with Crippen molar-refractivity contribution in [3.05, 3.63) is 90.0 Å². The number of aliphatic hydroxyl groups excluding tert-OH is 8. The molecule has 0 radical (unpaired) electrons. The molecule has 3 fully saturated rings. The first-order chi connectivity index (χ1) is 41.9. The fourth-order valence-corrected chi connectivity index (χ4v) is 10.1. The van der Waals surface area contributed by atoms with E-state index in [0.29, 0.717) is 39.8 Å². The molecular weight excluding hydrogens is 1220 g/mol. The summed E-state index contributed by atoms with van der Waals surface area (Å²) in [5, 5.41) is 115. The van der Waals surface area contributed by atoms with Gasteiger partial charge in [0.05, 0.1) is 43.5 Å². The van der Waals surface area contributed by atoms with E-state index in [1.54, 1.807) is 6.07 Å². The third-order valence-electron chi connectivity index (χ3n) is 14.8. The fourth-order valence-electron chi connectivity index (χ4n) is 10.1. The van der Waals surface area contributed by atoms with Crippen LogP contribution in [0.25, 0.3) is 22.6 Å². The molecule has 0 spiro atoms. The number of nitrogens with zero attached hydrogens (tertiary/aromatic N) is 3. The molecule has 3 aliphatic rings. The average Bonchev–Trinajstić information content (AvgIpc) is 1.86. The van der Waals surface area contributed by atoms with E-state index in [2.05, 4.69) is 39.4 Å². The molecule has 32 nitrogen and oxygen atoms in total. The van der Waals surface area contributed by atoms with Crippen LogP contribution in [0.5, 0.6) is 11.5 Å². The van der Waals surface area contributed by atoms with Crippen LogP contribution in [0.3, 0.4) is 0 Å². The number of amides is 8. The summed E-state index contributed by atoms with van der Waals surface area (Å²) in [7, 11) is -4.92. The maximum Gasteiger partial charge on any atom is 1.00 e. The number of nitrogens with two attached hydrogens (primary N) is 1. The number of primary amides is 1. The van der Waals surface area contributed by atoms with E-state index < -0.39 is 187 Å². The van der Waals surface area contributed by atoms with Crippen molar-refractivity contribution in [1.29, 1.82) is 0 Å². The van der Waals surface area contributed by atoms with E-state index in [-0.39, 0.29) is 40.7 Å². The van der Waals surface area contributed by atoms with Crippen molar-refractivity contribution in [2.45, 2.75) is 145 Å². The summed E-state index contributed by atoms with van der Waals surface area (Å²) in [5.74, 6) is -10.3. The Labute approximate surface area is 537 Å². The van der Waals surface area contributed by atoms with Crippen molar-refractivity contribution < 1.29 is 141 Å². The van der Waals surface area contributed by atoms with Crippen LogP contribution < -0.4 is 66.6 Å². The van der Waals surface area contributed by atoms with Crippen LogP contribution in [0.1, 0.15) is 81.3 Å². The molecule has 0 aliphatic carbocycles. The number of carbonyl (C=O) groups is 8. The van der Waals surface area contributed by atoms with Crippen molar-refractivity contribution in [1.82, 2.24) is 41.5 Å². The zero-order valence-electron chi connectivity index (χ0n) is 49.1. The molecule has 4 heterocycles. The molecule has 1 aromatic heterocycles. The topological polar surface area (TPSA) is 524 Å². The van der Waals surface area contributed by atoms with Gasteiger partial charge in [-0.05, 0) is 49.7 Å². The monoisotopic (exact) mass is 1290 g/mol. The summed E-state index contributed by atoms with van der Waals surface area (Å²) >= 11 is 0. The first kappa shape index (κ1) is 73.5. The van der Waals surface area contributed by atoms with Crippen LogP contribution in [0, 0.1) is 12.0 Å². The number of aliphatic hydroxyl groups is 8. The molecule has 17 N–H and O–H groups in total. The van der Waals surface area contributed by atoms with Crippen LogP contribution in [-0.4, -0.2) is 224 Å². The standard InChI is InChI=1S/C56H70N9O19.Na.H2O4S/c1-4-5-6-19-83-34-17-13-29(14-18-34)40-22-35(63-84-40)28-7-9-31(10-8-28)50(76)58-36-21-39(70)53(79)59-41(71)23-38(69)43(56(82)65-24-26(2)46(72)45(65)49(57)75)61-54(80)44(48(74)47(73)30-11-15-32(67)16-12-30)62-52(78)37-20-33(68)25-64(37)55(81)42(27(3)66)60-51(36)77;;1-5(2,3)4/h7-15,17-18,22,26-27,33,36-39,42-48,53,66-70,72-74,79H,4-6,19-21,23-25H2,1-3H3,(H2,57,75)(H,58,76)(H,59,71)(H,60,77)(H,61,80)(H,62,78);;(H2,1,2,3,4)/q-1;+1;/p-1/t26-,27+,33+,36-,37-,38+,39+,42-,43-,44-,45-,46-,47-,48-,53+;;/m0../s1. The molecule has 3 aliphatic heterocycles. The Morgan fingerprint density at radius 1 is 0.856 bits per heavy atom. The number of benzene rings is 3. The maximum absolute atomic E-state index is 14.5. The number of aromatic hydroxyl groups is 1. The number of nitrogens with one attached hydrogen (secondary N) is 5. The minimum atomic E-state index is -4.92. The van der Waals surface area contributed by atoms with Gasteiger partial charge in [0.25, 0.3) is 5.91 Å². The summed E-state index contributed by atoms with van der Waals surface area (Å²) < 4.78 is 44.2. The second-order valence-electron chi connectivity index (χ2n) is 21.6. The van der Waals surface area contributed by atoms with Gasteiger partial charge in [-0.1, -0.05) is 44.0 Å². The number of rotatable bonds is 15. The molecule has 0 saturated carbocycles. The summed E-state index contributed by atoms with van der Waals surface area (Å²) in [6.07, 6.45) is -16.0. The quantitative estimate of drug-likeness (QED) is 0.0173. The second kappa shape index (κ2) is 32.7. The van der Waals surface area contributed by atoms with Crippen molar-refractivity contribution in [2.24, 2.45) is 11.7 Å². The number of phenols is 1. The molecule has 4 aromatic rings. The van der Waals surface area contributed by atoms with Gasteiger partial charge in [-0.25, -0.2) is 8.42 Å². The van der Waals surface area contributed by atoms with E-state index >= 15 is 0 Å². The average molecular weight is 1290 g/mol. The van der Waals surface area contributed by atoms with Crippen LogP contribution in [0.4, 0.5) is 0 Å². The van der Waals surface area contributed by atoms with Gasteiger partial charge in [0.1, 0.15) is 59.9 Å². The predicted octanol–water partition coefficient (Wildman–Crippen LogP) is -7.27. The number of aromatic nitrogens is 1. The first-order valence-corrected chi connectivity index (χ1v) is 29.3. The van der Waals surface area contributed by atoms with Gasteiger partial charge in [0.2, 0.25) is 51.7 Å². The van der Waals surface area contributed by atoms with Crippen LogP contribution in [-0.2, 0) is 44.0 Å². The predicted molar refractivity (Wildman–Crippen MR) is 303 cm³/mol. The molecule has 3 saturated heterocycles. The zero-order chi connectivity index (χ0) is 65.8. The van der Waals surface area contributed by atoms with Gasteiger partial charge in [-0.3, -0.25) is 42.9 Å². The summed E-state index contributed by atoms with van der Waals surface area (Å²) in [6, 6.07) is 8.04. The minimum absolute atomic E-state index is 0. The van der Waals surface area contributed by atoms with Crippen molar-refractivity contribution in [2.75, 3.05) is 19.7 Å². The Hall–Kier alpha value is -7.22. The molecular formula is C56H71N9NaO23S-. The molecule has 3 aromatic carbocycles. The Kier molecular flexibility index (Phi) is 26.7. The number of hydrogen-bond acceptors (Lipinski definition) is 23. The zero-order valence-corrected chi connectivity index (χ0v) is 51.9. The first-order valence-electron chi connectivity index (χ1n) is 27.9. The maximum atomic E-state index is 14.5. The van der Waals surface area contributed by atoms with E-state index in [9.17, 15) is 84.3 Å². The van der Waals surface area contributed by atoms with Crippen LogP contribution >= 0.6 is 0 Å². The van der Waals surface area contributed by atoms with Gasteiger partial charge in [-0.15, -0.1) is 17.7 Å². The van der Waals surface area contributed by atoms with Crippen LogP contribution in [0.2, 0.25) is 0 Å². The Morgan fingerprint density at radius 3 is 2.09 bits per heavy atom. The van der Waals surface area contributed by atoms with E-state index in [1.807, 2.05) is 29.6 Å². The van der Waals surface area contributed by atoms with Crippen molar-refractivity contribution in [3.8, 4) is 34.1 Å². The Morgan fingerprint density at radius 2 is 1.49 bits per heavy atom. The summed E-state index contributed by atoms with van der Waals surface area (Å²) in [4.78, 5) is 114. The largest absolute Gasteiger partial charge is 1.00 e. The third kappa shape index (κ3) is 19.6. The Bertz CT molecular complexity index is 3250. The van der Waals surface area contributed by atoms with Gasteiger partial charge < -0.3 is 102 Å². The number of carbonyl (C=O) groups excluding carboxylic acids is 8. The number of phenolic OH excluding ortho intramolecular Hbond substituents is 1. The number of ether oxygens (including phenoxy) is 1. The van der Waals surface area contributed by atoms with Gasteiger partial charge in [-0.2, -0.15) is 12.1 Å². The smallest absolute Gasteiger partial charge is 0.726 e. The number of fused-ring (bicyclic) bond motifs is 1. The van der Waals surface area contributed by atoms with Gasteiger partial charge in [0.15, 0.2) is 12.0 Å². The molecule has 90 heavy (non-hydrogen) atoms. The summed E-state index contributed by atoms with van der Waals surface area (Å²) in [5.41, 5.74) is 6.90. The SMILES string of the molecule is CCCCCOc1ccc(-c2cc(-c3ccc(C(=O)N[C@H]4C[C@@H](O)[C@@H](O)NC(=O)C[C@@H](O)[C@@H](C(=O)N5C[C@H](C)[C@H](O)[C@H]5C(N)=O)NC(=O)[C@H]([C@H](O)[C@@H](O)c5c[c-]c(O)cc5)NC(=O)[C@@H]5C[C@@H](O)CN5C(=O)[C@H]([C@@H](C)O)NC4=O)cc3)no2)cc1.O=S(=O)([O-])O.[Na+]. The molecule has 7 rings (SSSR count). The van der Waals surface area contributed by atoms with E-state index in [1.165, 1.54) is 31.2 Å². The van der Waals surface area contributed by atoms with Crippen molar-refractivity contribution in [3.63, 3.8) is 0 Å². The van der Waals surface area contributed by atoms with Crippen molar-refractivity contribution >= 4 is 57.7 Å². The molecule has 15 atom stereocenters. The normalized spacial score (nSPS) is 26.5. The molecule has 0 unspecified atom stereocenters. The number of unbranched alkanes of at least 4 members (excludes halogenated alkanes) is 2. The second-order valence-corrected chi connectivity index (χ2v) is 22.5. The van der Waals surface area contributed by atoms with Gasteiger partial charge >= 0.3 is 29.6 Å². The van der Waals surface area contributed by atoms with E-state index in [0.717, 1.165) is 49.3 Å². The molecule has 34 heteroatoms. The number of hydrogen-bond donors (Lipinski definition) is 16. The third-order valence-corrected chi connectivity index (χ3v) is 14.8. The molecule has 8 amide bonds. The van der Waals surface area contributed by atoms with Gasteiger partial charge in [0, 0.05) is 60.4 Å². The Balaban J connectivity index is 0.00000236. The van der Waals surface area contributed by atoms with Crippen LogP contribution in [0.15, 0.2) is 77.3 Å². The van der Waals surface area contributed by atoms with E-state index in [4.69, 9.17) is 32.5 Å².